The van der Waals surface area contributed by atoms with Gasteiger partial charge in [0, 0.05) is 44.8 Å². The summed E-state index contributed by atoms with van der Waals surface area (Å²) in [5.41, 5.74) is 6.11. The molecule has 2 nitrogen and oxygen atoms in total. The monoisotopic (exact) mass is 460 g/mol. The van der Waals surface area contributed by atoms with Gasteiger partial charge in [-0.1, -0.05) is 84.0 Å². The molecule has 0 aliphatic heterocycles. The summed E-state index contributed by atoms with van der Waals surface area (Å²) >= 11 is 0. The Kier molecular flexibility index (Phi) is 4.23. The Hall–Kier alpha value is -3.52. The Bertz CT molecular complexity index is 1820. The molecule has 0 saturated heterocycles. The summed E-state index contributed by atoms with van der Waals surface area (Å²) in [6.45, 7) is 11.1. The molecule has 0 radical (unpaired) electrons. The van der Waals surface area contributed by atoms with Crippen LogP contribution in [0.3, 0.4) is 0 Å². The highest BCUT2D eigenvalue weighted by molar-refractivity contribution is 6.11. The third-order valence-electron chi connectivity index (χ3n) is 6.90. The molecule has 0 spiro atoms. The van der Waals surface area contributed by atoms with Crippen LogP contribution in [0.25, 0.3) is 49.3 Å². The molecule has 0 amide bonds. The van der Waals surface area contributed by atoms with Crippen LogP contribution < -0.4 is 0 Å². The highest BCUT2D eigenvalue weighted by atomic mass is 15.0. The van der Waals surface area contributed by atoms with E-state index >= 15 is 0 Å². The molecule has 2 heteroatoms. The molecule has 0 saturated carbocycles. The van der Waals surface area contributed by atoms with Crippen LogP contribution in [0, 0.1) is 5.41 Å². The first-order chi connectivity index (χ1) is 17.4. The third kappa shape index (κ3) is 3.55. The highest BCUT2D eigenvalue weighted by Gasteiger charge is 2.20. The summed E-state index contributed by atoms with van der Waals surface area (Å²) in [6.07, 6.45) is 0. The van der Waals surface area contributed by atoms with Gasteiger partial charge >= 0.3 is 0 Å². The normalized spacial score (nSPS) is 14.2. The minimum Gasteiger partial charge on any atom is -0.340 e. The third-order valence-corrected chi connectivity index (χ3v) is 6.90. The summed E-state index contributed by atoms with van der Waals surface area (Å²) in [7, 11) is 0. The standard InChI is InChI=1S/C33H34N2/c1-32(2,3)21-34-28-13-9-7-11-24(28)27-20-23(16-18-29(27)34)35-30-14-10-8-12-25(30)26-19-22(33(4,5)6)15-17-31(26)35/h7-20H,21H2,1-6H3/i21D2. The predicted octanol–water partition coefficient (Wildman–Crippen LogP) is 9.24. The molecule has 0 bridgehead atoms. The molecular weight excluding hydrogens is 424 g/mol. The van der Waals surface area contributed by atoms with E-state index in [-0.39, 0.29) is 5.41 Å². The predicted molar refractivity (Wildman–Crippen MR) is 152 cm³/mol. The van der Waals surface area contributed by atoms with Gasteiger partial charge in [-0.25, -0.2) is 0 Å². The SMILES string of the molecule is [2H]C([2H])(n1c2ccccc2c2cc(-n3c4ccccc4c4cc(C(C)(C)C)ccc43)ccc21)C(C)(C)C. The number of aromatic nitrogens is 2. The smallest absolute Gasteiger partial charge is 0.0541 e. The maximum Gasteiger partial charge on any atom is 0.0541 e. The van der Waals surface area contributed by atoms with Gasteiger partial charge in [0.05, 0.1) is 13.8 Å². The Balaban J connectivity index is 1.68. The number of hydrogen-bond donors (Lipinski definition) is 0. The maximum atomic E-state index is 9.10. The van der Waals surface area contributed by atoms with E-state index in [1.54, 1.807) is 0 Å². The van der Waals surface area contributed by atoms with Gasteiger partial charge < -0.3 is 9.13 Å². The van der Waals surface area contributed by atoms with Crippen LogP contribution in [0.1, 0.15) is 49.8 Å². The van der Waals surface area contributed by atoms with E-state index in [4.69, 9.17) is 2.74 Å². The largest absolute Gasteiger partial charge is 0.340 e. The fraction of sp³-hybridized carbons (Fsp3) is 0.273. The topological polar surface area (TPSA) is 9.86 Å². The van der Waals surface area contributed by atoms with Crippen molar-refractivity contribution < 1.29 is 2.74 Å². The first-order valence-corrected chi connectivity index (χ1v) is 12.5. The van der Waals surface area contributed by atoms with E-state index in [1.807, 2.05) is 43.5 Å². The van der Waals surface area contributed by atoms with Crippen LogP contribution >= 0.6 is 0 Å². The minimum absolute atomic E-state index is 0.0736. The molecule has 6 aromatic rings. The zero-order valence-electron chi connectivity index (χ0n) is 23.5. The van der Waals surface area contributed by atoms with Gasteiger partial charge in [0.25, 0.3) is 0 Å². The number of nitrogens with zero attached hydrogens (tertiary/aromatic N) is 2. The van der Waals surface area contributed by atoms with Crippen molar-refractivity contribution >= 4 is 43.6 Å². The Morgan fingerprint density at radius 2 is 1.14 bits per heavy atom. The Morgan fingerprint density at radius 3 is 1.83 bits per heavy atom. The number of para-hydroxylation sites is 2. The van der Waals surface area contributed by atoms with Crippen LogP contribution in [0.2, 0.25) is 0 Å². The number of benzene rings is 4. The second-order valence-corrected chi connectivity index (χ2v) is 11.8. The molecule has 0 aliphatic carbocycles. The van der Waals surface area contributed by atoms with E-state index in [0.29, 0.717) is 0 Å². The lowest BCUT2D eigenvalue weighted by atomic mass is 9.86. The van der Waals surface area contributed by atoms with E-state index in [0.717, 1.165) is 27.5 Å². The number of fused-ring (bicyclic) bond motifs is 6. The second kappa shape index (κ2) is 7.49. The van der Waals surface area contributed by atoms with Crippen molar-refractivity contribution in [1.29, 1.82) is 0 Å². The van der Waals surface area contributed by atoms with Gasteiger partial charge in [-0.05, 0) is 58.9 Å². The minimum atomic E-state index is -1.56. The van der Waals surface area contributed by atoms with Gasteiger partial charge in [0.1, 0.15) is 0 Å². The number of hydrogen-bond acceptors (Lipinski definition) is 0. The molecule has 0 fully saturated rings. The lowest BCUT2D eigenvalue weighted by molar-refractivity contribution is 0.354. The molecule has 0 atom stereocenters. The summed E-state index contributed by atoms with van der Waals surface area (Å²) in [5, 5.41) is 4.64. The molecule has 35 heavy (non-hydrogen) atoms. The fourth-order valence-electron chi connectivity index (χ4n) is 5.27. The van der Waals surface area contributed by atoms with Gasteiger partial charge in [-0.15, -0.1) is 0 Å². The van der Waals surface area contributed by atoms with E-state index in [2.05, 4.69) is 92.1 Å². The molecule has 6 rings (SSSR count). The van der Waals surface area contributed by atoms with E-state index < -0.39 is 11.9 Å². The number of rotatable bonds is 2. The molecule has 4 aromatic carbocycles. The quantitative estimate of drug-likeness (QED) is 0.244. The summed E-state index contributed by atoms with van der Waals surface area (Å²) < 4.78 is 22.4. The molecule has 0 unspecified atom stereocenters. The lowest BCUT2D eigenvalue weighted by Crippen LogP contribution is -2.15. The molecule has 2 heterocycles. The molecule has 2 aromatic heterocycles. The lowest BCUT2D eigenvalue weighted by Gasteiger charge is -2.21. The van der Waals surface area contributed by atoms with E-state index in [1.165, 1.54) is 27.4 Å². The Morgan fingerprint density at radius 1 is 0.600 bits per heavy atom. The average Bonchev–Trinajstić information content (AvgIpc) is 3.35. The van der Waals surface area contributed by atoms with Crippen molar-refractivity contribution in [3.8, 4) is 5.69 Å². The zero-order valence-corrected chi connectivity index (χ0v) is 21.5. The van der Waals surface area contributed by atoms with Crippen LogP contribution in [0.5, 0.6) is 0 Å². The van der Waals surface area contributed by atoms with Gasteiger partial charge in [0.2, 0.25) is 0 Å². The van der Waals surface area contributed by atoms with Crippen LogP contribution in [0.15, 0.2) is 84.9 Å². The summed E-state index contributed by atoms with van der Waals surface area (Å²) in [6, 6.07) is 30.1. The molecule has 0 N–H and O–H groups in total. The first kappa shape index (κ1) is 19.8. The summed E-state index contributed by atoms with van der Waals surface area (Å²) in [5.74, 6) is 0. The maximum absolute atomic E-state index is 9.10. The average molecular weight is 461 g/mol. The first-order valence-electron chi connectivity index (χ1n) is 13.5. The van der Waals surface area contributed by atoms with Crippen molar-refractivity contribution in [2.75, 3.05) is 0 Å². The van der Waals surface area contributed by atoms with Crippen molar-refractivity contribution in [2.24, 2.45) is 5.41 Å². The van der Waals surface area contributed by atoms with Crippen molar-refractivity contribution in [3.63, 3.8) is 0 Å². The van der Waals surface area contributed by atoms with Crippen molar-refractivity contribution in [3.05, 3.63) is 90.5 Å². The van der Waals surface area contributed by atoms with E-state index in [9.17, 15) is 0 Å². The Labute approximate surface area is 210 Å². The van der Waals surface area contributed by atoms with Crippen molar-refractivity contribution in [1.82, 2.24) is 9.13 Å². The van der Waals surface area contributed by atoms with Gasteiger partial charge in [-0.2, -0.15) is 0 Å². The van der Waals surface area contributed by atoms with Gasteiger partial charge in [-0.3, -0.25) is 0 Å². The fourth-order valence-corrected chi connectivity index (χ4v) is 5.27. The molecule has 0 aliphatic rings. The highest BCUT2D eigenvalue weighted by Crippen LogP contribution is 2.38. The molecule has 176 valence electrons. The van der Waals surface area contributed by atoms with Crippen LogP contribution in [0.4, 0.5) is 0 Å². The summed E-state index contributed by atoms with van der Waals surface area (Å²) in [4.78, 5) is 0. The van der Waals surface area contributed by atoms with Crippen LogP contribution in [-0.4, -0.2) is 9.13 Å². The van der Waals surface area contributed by atoms with Gasteiger partial charge in [0.15, 0.2) is 0 Å². The molecular formula is C33H34N2. The van der Waals surface area contributed by atoms with Crippen molar-refractivity contribution in [2.45, 2.75) is 53.5 Å². The second-order valence-electron chi connectivity index (χ2n) is 11.8. The zero-order chi connectivity index (χ0) is 26.3. The van der Waals surface area contributed by atoms with Crippen LogP contribution in [-0.2, 0) is 11.9 Å².